The maximum absolute atomic E-state index is 14.5. The lowest BCUT2D eigenvalue weighted by atomic mass is 9.80. The molecule has 0 spiro atoms. The number of rotatable bonds is 8. The van der Waals surface area contributed by atoms with Gasteiger partial charge in [-0.2, -0.15) is 0 Å². The highest BCUT2D eigenvalue weighted by atomic mass is 16.6. The van der Waals surface area contributed by atoms with Crippen LogP contribution < -0.4 is 9.80 Å². The number of esters is 4. The van der Waals surface area contributed by atoms with Gasteiger partial charge < -0.3 is 19.3 Å². The summed E-state index contributed by atoms with van der Waals surface area (Å²) < 4.78 is 11.1. The zero-order chi connectivity index (χ0) is 59.1. The van der Waals surface area contributed by atoms with Crippen LogP contribution in [0.15, 0.2) is 182 Å². The summed E-state index contributed by atoms with van der Waals surface area (Å²) in [6, 6.07) is 62.3. The van der Waals surface area contributed by atoms with E-state index in [1.807, 2.05) is 48.5 Å². The third-order valence-electron chi connectivity index (χ3n) is 17.2. The van der Waals surface area contributed by atoms with Gasteiger partial charge in [-0.3, -0.25) is 0 Å². The van der Waals surface area contributed by atoms with Gasteiger partial charge >= 0.3 is 23.9 Å². The number of cyclic esters (lactones) is 4. The van der Waals surface area contributed by atoms with E-state index in [1.165, 1.54) is 22.3 Å². The first-order valence-electron chi connectivity index (χ1n) is 28.9. The number of benzene rings is 11. The summed E-state index contributed by atoms with van der Waals surface area (Å²) >= 11 is 0. The van der Waals surface area contributed by atoms with E-state index >= 15 is 0 Å². The van der Waals surface area contributed by atoms with E-state index in [1.54, 1.807) is 12.1 Å². The van der Waals surface area contributed by atoms with Crippen molar-refractivity contribution >= 4 is 101 Å². The number of hydrogen-bond acceptors (Lipinski definition) is 8. The molecule has 13 rings (SSSR count). The van der Waals surface area contributed by atoms with Crippen molar-refractivity contribution in [2.24, 2.45) is 0 Å². The third-order valence-corrected chi connectivity index (χ3v) is 17.2. The van der Waals surface area contributed by atoms with Crippen molar-refractivity contribution in [2.75, 3.05) is 9.80 Å². The molecule has 8 heteroatoms. The second-order valence-corrected chi connectivity index (χ2v) is 26.8. The summed E-state index contributed by atoms with van der Waals surface area (Å²) in [4.78, 5) is 61.2. The molecule has 0 bridgehead atoms. The van der Waals surface area contributed by atoms with E-state index in [0.29, 0.717) is 43.8 Å². The number of nitrogens with zero attached hydrogens (tertiary/aromatic N) is 2. The van der Waals surface area contributed by atoms with E-state index in [-0.39, 0.29) is 32.8 Å². The van der Waals surface area contributed by atoms with E-state index in [0.717, 1.165) is 66.8 Å². The van der Waals surface area contributed by atoms with Crippen molar-refractivity contribution < 1.29 is 28.7 Å². The molecule has 416 valence electrons. The average Bonchev–Trinajstić information content (AvgIpc) is 0.734. The van der Waals surface area contributed by atoms with Crippen molar-refractivity contribution in [3.05, 3.63) is 226 Å². The molecule has 2 aliphatic rings. The molecule has 0 saturated heterocycles. The van der Waals surface area contributed by atoms with Crippen LogP contribution in [-0.4, -0.2) is 23.9 Å². The van der Waals surface area contributed by atoms with Gasteiger partial charge in [-0.15, -0.1) is 0 Å². The topological polar surface area (TPSA) is 93.2 Å². The Hall–Kier alpha value is -9.40. The van der Waals surface area contributed by atoms with Crippen LogP contribution in [0.25, 0.3) is 65.3 Å². The number of ether oxygens (including phenoxy) is 2. The number of fused-ring (bicyclic) bond motifs is 2. The highest BCUT2D eigenvalue weighted by Crippen LogP contribution is 2.51. The van der Waals surface area contributed by atoms with Crippen molar-refractivity contribution in [3.8, 4) is 22.3 Å². The van der Waals surface area contributed by atoms with Crippen molar-refractivity contribution in [1.82, 2.24) is 0 Å². The van der Waals surface area contributed by atoms with Gasteiger partial charge in [0, 0.05) is 44.9 Å². The number of hydrogen-bond donors (Lipinski definition) is 0. The van der Waals surface area contributed by atoms with Crippen LogP contribution in [0.2, 0.25) is 0 Å². The first-order valence-corrected chi connectivity index (χ1v) is 28.9. The van der Waals surface area contributed by atoms with E-state index < -0.39 is 23.9 Å². The van der Waals surface area contributed by atoms with Crippen molar-refractivity contribution in [2.45, 2.75) is 105 Å². The molecular formula is C76H66N2O6. The lowest BCUT2D eigenvalue weighted by molar-refractivity contribution is 0.0373. The Morgan fingerprint density at radius 3 is 0.762 bits per heavy atom. The molecule has 11 aromatic carbocycles. The lowest BCUT2D eigenvalue weighted by Crippen LogP contribution is -2.21. The fraction of sp³-hybridized carbons (Fsp3) is 0.211. The standard InChI is InChI=1S/C76H66N2O6/c1-73(2,3)45-17-29-51(30-18-45)77(52-31-19-46(20-32-52)74(4,5)6)49-25-13-43(14-26-49)59-41-61-55-37-40-58-66-64(55)62(56-38-39-57-65(63(56)61)67(59)71(81)83-69(57)79)42-60(68(66)72(82)84-70(58)80)44-15-27-50(28-16-44)78(53-33-21-47(22-34-53)75(7,8)9)54-35-23-48(24-36-54)76(10,11)12/h13-42H,1-12H3. The molecule has 0 radical (unpaired) electrons. The fourth-order valence-corrected chi connectivity index (χ4v) is 12.5. The van der Waals surface area contributed by atoms with Crippen molar-refractivity contribution in [1.29, 1.82) is 0 Å². The van der Waals surface area contributed by atoms with Gasteiger partial charge in [0.05, 0.1) is 22.3 Å². The van der Waals surface area contributed by atoms with Gasteiger partial charge in [0.15, 0.2) is 0 Å². The Bertz CT molecular complexity index is 4120. The predicted molar refractivity (Wildman–Crippen MR) is 342 cm³/mol. The third kappa shape index (κ3) is 8.89. The predicted octanol–water partition coefficient (Wildman–Crippen LogP) is 19.8. The minimum absolute atomic E-state index is 0.0246. The van der Waals surface area contributed by atoms with Gasteiger partial charge in [0.1, 0.15) is 0 Å². The molecule has 0 unspecified atom stereocenters. The Kier molecular flexibility index (Phi) is 12.2. The summed E-state index contributed by atoms with van der Waals surface area (Å²) in [5.41, 5.74) is 14.4. The lowest BCUT2D eigenvalue weighted by Gasteiger charge is -2.28. The van der Waals surface area contributed by atoms with E-state index in [9.17, 15) is 19.2 Å². The van der Waals surface area contributed by atoms with Gasteiger partial charge in [0.25, 0.3) is 0 Å². The SMILES string of the molecule is CC(C)(C)c1ccc(N(c2ccc(-c3cc4c5ccc6c7c(c(-c8ccc(N(c9ccc(C(C)(C)C)cc9)c9ccc(C(C)(C)C)cc9)cc8)cc(c8ccc9c(c3C(=O)OC9=O)c84)c75)C(=O)OC6=O)cc2)c2ccc(C(C)(C)C)cc2)cc1. The average molecular weight is 1100 g/mol. The van der Waals surface area contributed by atoms with Gasteiger partial charge in [-0.1, -0.05) is 168 Å². The number of anilines is 6. The summed E-state index contributed by atoms with van der Waals surface area (Å²) in [6.45, 7) is 26.5. The van der Waals surface area contributed by atoms with E-state index in [2.05, 4.69) is 214 Å². The monoisotopic (exact) mass is 1100 g/mol. The molecule has 11 aromatic rings. The van der Waals surface area contributed by atoms with Crippen LogP contribution in [0.1, 0.15) is 147 Å². The minimum atomic E-state index is -0.732. The molecule has 0 atom stereocenters. The van der Waals surface area contributed by atoms with Crippen molar-refractivity contribution in [3.63, 3.8) is 0 Å². The quantitative estimate of drug-likeness (QED) is 0.0643. The largest absolute Gasteiger partial charge is 0.386 e. The van der Waals surface area contributed by atoms with Crippen LogP contribution in [0, 0.1) is 0 Å². The Labute approximate surface area is 490 Å². The number of carbonyl (C=O) groups is 4. The molecule has 2 heterocycles. The highest BCUT2D eigenvalue weighted by molar-refractivity contribution is 6.41. The number of carbonyl (C=O) groups excluding carboxylic acids is 4. The van der Waals surface area contributed by atoms with Crippen LogP contribution in [0.3, 0.4) is 0 Å². The summed E-state index contributed by atoms with van der Waals surface area (Å²) in [6.07, 6.45) is 0. The van der Waals surface area contributed by atoms with Crippen LogP contribution in [-0.2, 0) is 31.1 Å². The molecule has 0 aliphatic carbocycles. The smallest absolute Gasteiger partial charge is 0.347 e. The zero-order valence-electron chi connectivity index (χ0n) is 49.7. The van der Waals surface area contributed by atoms with Gasteiger partial charge in [-0.25, -0.2) is 19.2 Å². The molecule has 0 saturated carbocycles. The Morgan fingerprint density at radius 2 is 0.512 bits per heavy atom. The maximum Gasteiger partial charge on any atom is 0.347 e. The summed E-state index contributed by atoms with van der Waals surface area (Å²) in [5, 5.41) is 5.44. The van der Waals surface area contributed by atoms with Gasteiger partial charge in [0.2, 0.25) is 0 Å². The normalized spacial score (nSPS) is 13.8. The molecule has 0 fully saturated rings. The van der Waals surface area contributed by atoms with Crippen LogP contribution in [0.4, 0.5) is 34.1 Å². The molecule has 84 heavy (non-hydrogen) atoms. The van der Waals surface area contributed by atoms with Gasteiger partial charge in [-0.05, 0) is 196 Å². The summed E-state index contributed by atoms with van der Waals surface area (Å²) in [5.74, 6) is -2.91. The molecule has 0 N–H and O–H groups in total. The second kappa shape index (κ2) is 19.1. The summed E-state index contributed by atoms with van der Waals surface area (Å²) in [7, 11) is 0. The van der Waals surface area contributed by atoms with E-state index in [4.69, 9.17) is 9.47 Å². The highest BCUT2D eigenvalue weighted by Gasteiger charge is 2.37. The second-order valence-electron chi connectivity index (χ2n) is 26.8. The molecule has 0 aromatic heterocycles. The first-order chi connectivity index (χ1) is 39.8. The Balaban J connectivity index is 0.979. The zero-order valence-corrected chi connectivity index (χ0v) is 49.7. The first kappa shape index (κ1) is 53.9. The maximum atomic E-state index is 14.5. The van der Waals surface area contributed by atoms with Crippen LogP contribution in [0.5, 0.6) is 0 Å². The Morgan fingerprint density at radius 1 is 0.262 bits per heavy atom. The minimum Gasteiger partial charge on any atom is -0.386 e. The van der Waals surface area contributed by atoms with Crippen LogP contribution >= 0.6 is 0 Å². The molecule has 2 aliphatic heterocycles. The molecule has 8 nitrogen and oxygen atoms in total. The molecule has 0 amide bonds. The fourth-order valence-electron chi connectivity index (χ4n) is 12.5. The molecular weight excluding hydrogens is 1040 g/mol.